The zero-order valence-electron chi connectivity index (χ0n) is 16.7. The van der Waals surface area contributed by atoms with Gasteiger partial charge >= 0.3 is 0 Å². The predicted molar refractivity (Wildman–Crippen MR) is 126 cm³/mol. The highest BCUT2D eigenvalue weighted by Gasteiger charge is 2.25. The fraction of sp³-hybridized carbons (Fsp3) is 0.684. The number of ether oxygens (including phenoxy) is 1. The molecule has 2 fully saturated rings. The van der Waals surface area contributed by atoms with E-state index in [4.69, 9.17) is 16.3 Å². The lowest BCUT2D eigenvalue weighted by Crippen LogP contribution is -2.47. The summed E-state index contributed by atoms with van der Waals surface area (Å²) in [5.41, 5.74) is 0. The standard InChI is InChI=1S/C19H31ClN6O.HI/c1-15(13-25-8-10-27-11-9-25)12-23-19(21-2)24-16-5-7-26(14-16)18-17(20)4-3-6-22-18;/h3-4,6,15-16H,5,7-14H2,1-2H3,(H2,21,23,24);1H. The maximum atomic E-state index is 6.28. The first-order chi connectivity index (χ1) is 13.2. The fourth-order valence-corrected chi connectivity index (χ4v) is 3.87. The van der Waals surface area contributed by atoms with Crippen molar-refractivity contribution < 1.29 is 4.74 Å². The van der Waals surface area contributed by atoms with E-state index in [-0.39, 0.29) is 24.0 Å². The van der Waals surface area contributed by atoms with E-state index in [2.05, 4.69) is 37.3 Å². The first-order valence-electron chi connectivity index (χ1n) is 9.78. The molecule has 2 aliphatic heterocycles. The van der Waals surface area contributed by atoms with Crippen LogP contribution in [0.5, 0.6) is 0 Å². The molecule has 0 aromatic carbocycles. The van der Waals surface area contributed by atoms with Gasteiger partial charge in [0.2, 0.25) is 0 Å². The summed E-state index contributed by atoms with van der Waals surface area (Å²) in [5.74, 6) is 2.28. The minimum atomic E-state index is 0. The van der Waals surface area contributed by atoms with Gasteiger partial charge in [0, 0.05) is 58.6 Å². The first-order valence-corrected chi connectivity index (χ1v) is 10.2. The number of aliphatic imine (C=N–C) groups is 1. The van der Waals surface area contributed by atoms with Gasteiger partial charge in [-0.05, 0) is 24.5 Å². The number of nitrogens with one attached hydrogen (secondary N) is 2. The Morgan fingerprint density at radius 3 is 2.89 bits per heavy atom. The van der Waals surface area contributed by atoms with Crippen molar-refractivity contribution in [3.8, 4) is 0 Å². The van der Waals surface area contributed by atoms with Gasteiger partial charge in [0.05, 0.1) is 18.2 Å². The maximum Gasteiger partial charge on any atom is 0.191 e. The normalized spacial score (nSPS) is 21.9. The Kier molecular flexibility index (Phi) is 10.0. The molecule has 0 radical (unpaired) electrons. The largest absolute Gasteiger partial charge is 0.379 e. The van der Waals surface area contributed by atoms with Crippen molar-refractivity contribution in [2.75, 3.05) is 64.4 Å². The number of hydrogen-bond acceptors (Lipinski definition) is 5. The number of rotatable bonds is 6. The quantitative estimate of drug-likeness (QED) is 0.339. The Morgan fingerprint density at radius 1 is 1.39 bits per heavy atom. The summed E-state index contributed by atoms with van der Waals surface area (Å²) in [4.78, 5) is 13.5. The van der Waals surface area contributed by atoms with Crippen LogP contribution in [0.2, 0.25) is 5.02 Å². The van der Waals surface area contributed by atoms with Crippen molar-refractivity contribution in [2.45, 2.75) is 19.4 Å². The Bertz CT molecular complexity index is 628. The number of morpholine rings is 1. The van der Waals surface area contributed by atoms with Crippen molar-refractivity contribution in [1.82, 2.24) is 20.5 Å². The molecule has 3 rings (SSSR count). The molecule has 28 heavy (non-hydrogen) atoms. The molecule has 1 aromatic rings. The van der Waals surface area contributed by atoms with Gasteiger partial charge in [-0.15, -0.1) is 24.0 Å². The zero-order valence-corrected chi connectivity index (χ0v) is 19.8. The second kappa shape index (κ2) is 12.0. The molecule has 7 nitrogen and oxygen atoms in total. The number of guanidine groups is 1. The lowest BCUT2D eigenvalue weighted by atomic mass is 10.1. The van der Waals surface area contributed by atoms with Gasteiger partial charge in [0.1, 0.15) is 5.82 Å². The molecule has 2 atom stereocenters. The molecule has 0 aliphatic carbocycles. The number of hydrogen-bond donors (Lipinski definition) is 2. The van der Waals surface area contributed by atoms with Gasteiger partial charge in [-0.3, -0.25) is 9.89 Å². The highest BCUT2D eigenvalue weighted by Crippen LogP contribution is 2.25. The van der Waals surface area contributed by atoms with Gasteiger partial charge in [-0.1, -0.05) is 18.5 Å². The molecule has 9 heteroatoms. The van der Waals surface area contributed by atoms with Crippen LogP contribution in [0.15, 0.2) is 23.3 Å². The smallest absolute Gasteiger partial charge is 0.191 e. The van der Waals surface area contributed by atoms with Crippen LogP contribution < -0.4 is 15.5 Å². The van der Waals surface area contributed by atoms with Crippen LogP contribution in [-0.4, -0.2) is 81.4 Å². The third kappa shape index (κ3) is 6.89. The summed E-state index contributed by atoms with van der Waals surface area (Å²) < 4.78 is 5.42. The molecule has 0 saturated carbocycles. The van der Waals surface area contributed by atoms with E-state index < -0.39 is 0 Å². The van der Waals surface area contributed by atoms with E-state index in [1.807, 2.05) is 19.2 Å². The average Bonchev–Trinajstić information content (AvgIpc) is 3.14. The Labute approximate surface area is 190 Å². The second-order valence-electron chi connectivity index (χ2n) is 7.36. The van der Waals surface area contributed by atoms with E-state index in [0.717, 1.165) is 70.7 Å². The van der Waals surface area contributed by atoms with Crippen molar-refractivity contribution in [3.05, 3.63) is 23.4 Å². The highest BCUT2D eigenvalue weighted by molar-refractivity contribution is 14.0. The van der Waals surface area contributed by atoms with E-state index in [1.54, 1.807) is 6.20 Å². The molecular weight excluding hydrogens is 491 g/mol. The van der Waals surface area contributed by atoms with E-state index in [1.165, 1.54) is 0 Å². The summed E-state index contributed by atoms with van der Waals surface area (Å²) in [7, 11) is 1.82. The molecule has 158 valence electrons. The van der Waals surface area contributed by atoms with Crippen molar-refractivity contribution >= 4 is 47.4 Å². The van der Waals surface area contributed by atoms with E-state index in [0.29, 0.717) is 17.0 Å². The van der Waals surface area contributed by atoms with Crippen LogP contribution in [-0.2, 0) is 4.74 Å². The van der Waals surface area contributed by atoms with E-state index in [9.17, 15) is 0 Å². The SMILES string of the molecule is CN=C(NCC(C)CN1CCOCC1)NC1CCN(c2ncccc2Cl)C1.I. The number of anilines is 1. The monoisotopic (exact) mass is 522 g/mol. The topological polar surface area (TPSA) is 65.0 Å². The summed E-state index contributed by atoms with van der Waals surface area (Å²) in [5, 5.41) is 7.72. The molecule has 0 spiro atoms. The molecular formula is C19H32ClIN6O. The number of pyridine rings is 1. The van der Waals surface area contributed by atoms with Crippen LogP contribution in [0, 0.1) is 5.92 Å². The lowest BCUT2D eigenvalue weighted by molar-refractivity contribution is 0.0320. The summed E-state index contributed by atoms with van der Waals surface area (Å²) >= 11 is 6.28. The fourth-order valence-electron chi connectivity index (χ4n) is 3.63. The van der Waals surface area contributed by atoms with E-state index >= 15 is 0 Å². The minimum absolute atomic E-state index is 0. The average molecular weight is 523 g/mol. The van der Waals surface area contributed by atoms with Gasteiger partial charge in [0.25, 0.3) is 0 Å². The summed E-state index contributed by atoms with van der Waals surface area (Å²) in [6.07, 6.45) is 2.83. The maximum absolute atomic E-state index is 6.28. The summed E-state index contributed by atoms with van der Waals surface area (Å²) in [6, 6.07) is 4.09. The third-order valence-electron chi connectivity index (χ3n) is 5.08. The second-order valence-corrected chi connectivity index (χ2v) is 7.76. The summed E-state index contributed by atoms with van der Waals surface area (Å²) in [6.45, 7) is 9.85. The first kappa shape index (κ1) is 23.4. The molecule has 0 amide bonds. The lowest BCUT2D eigenvalue weighted by Gasteiger charge is -2.29. The van der Waals surface area contributed by atoms with Crippen LogP contribution in [0.25, 0.3) is 0 Å². The molecule has 3 heterocycles. The molecule has 2 aliphatic rings. The molecule has 0 bridgehead atoms. The predicted octanol–water partition coefficient (Wildman–Crippen LogP) is 2.06. The van der Waals surface area contributed by atoms with Crippen LogP contribution >= 0.6 is 35.6 Å². The zero-order chi connectivity index (χ0) is 19.1. The van der Waals surface area contributed by atoms with Crippen LogP contribution in [0.1, 0.15) is 13.3 Å². The number of halogens is 2. The third-order valence-corrected chi connectivity index (χ3v) is 5.38. The number of nitrogens with zero attached hydrogens (tertiary/aromatic N) is 4. The Balaban J connectivity index is 0.00000280. The molecule has 2 unspecified atom stereocenters. The highest BCUT2D eigenvalue weighted by atomic mass is 127. The number of aromatic nitrogens is 1. The van der Waals surface area contributed by atoms with Crippen molar-refractivity contribution in [3.63, 3.8) is 0 Å². The Hall–Kier alpha value is -0.840. The van der Waals surface area contributed by atoms with Gasteiger partial charge < -0.3 is 20.3 Å². The molecule has 1 aromatic heterocycles. The van der Waals surface area contributed by atoms with Crippen molar-refractivity contribution in [1.29, 1.82) is 0 Å². The van der Waals surface area contributed by atoms with Crippen LogP contribution in [0.3, 0.4) is 0 Å². The molecule has 2 saturated heterocycles. The van der Waals surface area contributed by atoms with Crippen molar-refractivity contribution in [2.24, 2.45) is 10.9 Å². The molecule has 2 N–H and O–H groups in total. The minimum Gasteiger partial charge on any atom is -0.379 e. The van der Waals surface area contributed by atoms with Gasteiger partial charge in [-0.2, -0.15) is 0 Å². The van der Waals surface area contributed by atoms with Gasteiger partial charge in [0.15, 0.2) is 5.96 Å². The van der Waals surface area contributed by atoms with Gasteiger partial charge in [-0.25, -0.2) is 4.98 Å². The van der Waals surface area contributed by atoms with Crippen LogP contribution in [0.4, 0.5) is 5.82 Å². The Morgan fingerprint density at radius 2 is 2.18 bits per heavy atom.